The first-order valence-electron chi connectivity index (χ1n) is 4.75. The maximum atomic E-state index is 9.84. The molecule has 2 rings (SSSR count). The Hall–Kier alpha value is -0.120. The van der Waals surface area contributed by atoms with Crippen molar-refractivity contribution in [2.75, 3.05) is 19.8 Å². The first-order valence-corrected chi connectivity index (χ1v) is 4.75. The van der Waals surface area contributed by atoms with Gasteiger partial charge in [-0.3, -0.25) is 0 Å². The van der Waals surface area contributed by atoms with E-state index in [1.54, 1.807) is 0 Å². The minimum Gasteiger partial charge on any atom is -0.390 e. The molecule has 2 heterocycles. The Morgan fingerprint density at radius 3 is 2.75 bits per heavy atom. The van der Waals surface area contributed by atoms with Crippen molar-refractivity contribution in [2.45, 2.75) is 31.5 Å². The van der Waals surface area contributed by atoms with E-state index in [1.807, 2.05) is 0 Å². The van der Waals surface area contributed by atoms with Gasteiger partial charge in [-0.15, -0.1) is 0 Å². The summed E-state index contributed by atoms with van der Waals surface area (Å²) in [6.07, 6.45) is 2.88. The molecule has 70 valence electrons. The largest absolute Gasteiger partial charge is 0.390 e. The third-order valence-electron chi connectivity index (χ3n) is 2.79. The van der Waals surface area contributed by atoms with E-state index in [2.05, 4.69) is 0 Å². The number of hydrogen-bond acceptors (Lipinski definition) is 3. The van der Waals surface area contributed by atoms with Crippen LogP contribution in [-0.4, -0.2) is 37.1 Å². The highest BCUT2D eigenvalue weighted by Gasteiger charge is 2.32. The zero-order valence-electron chi connectivity index (χ0n) is 7.24. The number of aliphatic hydroxyl groups excluding tert-OH is 1. The van der Waals surface area contributed by atoms with Crippen LogP contribution in [0, 0.1) is 5.92 Å². The summed E-state index contributed by atoms with van der Waals surface area (Å²) in [7, 11) is 0. The third kappa shape index (κ3) is 1.63. The molecule has 3 atom stereocenters. The number of aliphatic hydroxyl groups is 1. The molecule has 12 heavy (non-hydrogen) atoms. The van der Waals surface area contributed by atoms with Crippen molar-refractivity contribution in [3.63, 3.8) is 0 Å². The summed E-state index contributed by atoms with van der Waals surface area (Å²) < 4.78 is 10.6. The average molecular weight is 172 g/mol. The summed E-state index contributed by atoms with van der Waals surface area (Å²) in [5.74, 6) is 0.313. The molecule has 0 aromatic heterocycles. The molecule has 0 aromatic rings. The topological polar surface area (TPSA) is 38.7 Å². The second-order valence-electron chi connectivity index (χ2n) is 3.67. The summed E-state index contributed by atoms with van der Waals surface area (Å²) in [6, 6.07) is 0. The molecule has 2 saturated heterocycles. The molecule has 0 radical (unpaired) electrons. The second kappa shape index (κ2) is 3.73. The molecular formula is C9H16O3. The lowest BCUT2D eigenvalue weighted by molar-refractivity contribution is -0.0334. The molecule has 0 aliphatic carbocycles. The van der Waals surface area contributed by atoms with E-state index in [0.29, 0.717) is 12.5 Å². The van der Waals surface area contributed by atoms with E-state index in [4.69, 9.17) is 9.47 Å². The van der Waals surface area contributed by atoms with Gasteiger partial charge in [0.25, 0.3) is 0 Å². The molecule has 0 aromatic carbocycles. The summed E-state index contributed by atoms with van der Waals surface area (Å²) in [4.78, 5) is 0. The van der Waals surface area contributed by atoms with Crippen molar-refractivity contribution in [3.8, 4) is 0 Å². The second-order valence-corrected chi connectivity index (χ2v) is 3.67. The zero-order valence-corrected chi connectivity index (χ0v) is 7.24. The van der Waals surface area contributed by atoms with Crippen LogP contribution in [-0.2, 0) is 9.47 Å². The van der Waals surface area contributed by atoms with E-state index in [9.17, 15) is 5.11 Å². The van der Waals surface area contributed by atoms with Gasteiger partial charge >= 0.3 is 0 Å². The van der Waals surface area contributed by atoms with Crippen LogP contribution >= 0.6 is 0 Å². The lowest BCUT2D eigenvalue weighted by Gasteiger charge is -2.21. The van der Waals surface area contributed by atoms with Gasteiger partial charge in [0.1, 0.15) is 0 Å². The molecule has 0 saturated carbocycles. The van der Waals surface area contributed by atoms with Gasteiger partial charge in [-0.05, 0) is 19.3 Å². The Bertz CT molecular complexity index is 121. The zero-order chi connectivity index (χ0) is 8.39. The minimum atomic E-state index is -0.296. The third-order valence-corrected chi connectivity index (χ3v) is 2.79. The van der Waals surface area contributed by atoms with Crippen molar-refractivity contribution in [2.24, 2.45) is 5.92 Å². The van der Waals surface area contributed by atoms with E-state index >= 15 is 0 Å². The van der Waals surface area contributed by atoms with Gasteiger partial charge in [-0.25, -0.2) is 0 Å². The monoisotopic (exact) mass is 172 g/mol. The maximum Gasteiger partial charge on any atom is 0.0852 e. The van der Waals surface area contributed by atoms with Gasteiger partial charge in [0, 0.05) is 19.1 Å². The van der Waals surface area contributed by atoms with E-state index in [1.165, 1.54) is 0 Å². The van der Waals surface area contributed by atoms with E-state index < -0.39 is 0 Å². The van der Waals surface area contributed by atoms with Crippen LogP contribution in [0.4, 0.5) is 0 Å². The van der Waals surface area contributed by atoms with E-state index in [0.717, 1.165) is 32.5 Å². The van der Waals surface area contributed by atoms with Crippen LogP contribution in [0.15, 0.2) is 0 Å². The summed E-state index contributed by atoms with van der Waals surface area (Å²) in [6.45, 7) is 2.32. The summed E-state index contributed by atoms with van der Waals surface area (Å²) >= 11 is 0. The Morgan fingerprint density at radius 2 is 2.17 bits per heavy atom. The molecule has 3 nitrogen and oxygen atoms in total. The average Bonchev–Trinajstić information content (AvgIpc) is 2.77. The van der Waals surface area contributed by atoms with Crippen LogP contribution in [0.25, 0.3) is 0 Å². The lowest BCUT2D eigenvalue weighted by Crippen LogP contribution is -2.33. The molecule has 0 bridgehead atoms. The standard InChI is InChI=1S/C9H16O3/c10-9(7-3-5-11-6-7)8-2-1-4-12-8/h7-10H,1-6H2. The molecule has 3 heteroatoms. The van der Waals surface area contributed by atoms with Gasteiger partial charge < -0.3 is 14.6 Å². The molecular weight excluding hydrogens is 156 g/mol. The number of ether oxygens (including phenoxy) is 2. The van der Waals surface area contributed by atoms with Crippen molar-refractivity contribution < 1.29 is 14.6 Å². The quantitative estimate of drug-likeness (QED) is 0.661. The SMILES string of the molecule is OC(C1CCOC1)C1CCCO1. The minimum absolute atomic E-state index is 0.0803. The van der Waals surface area contributed by atoms with Crippen LogP contribution in [0.3, 0.4) is 0 Å². The van der Waals surface area contributed by atoms with Crippen molar-refractivity contribution in [3.05, 3.63) is 0 Å². The van der Waals surface area contributed by atoms with Gasteiger partial charge in [-0.2, -0.15) is 0 Å². The van der Waals surface area contributed by atoms with Gasteiger partial charge in [0.2, 0.25) is 0 Å². The lowest BCUT2D eigenvalue weighted by atomic mass is 9.96. The van der Waals surface area contributed by atoms with Crippen LogP contribution in [0.1, 0.15) is 19.3 Å². The van der Waals surface area contributed by atoms with Crippen LogP contribution in [0.5, 0.6) is 0 Å². The van der Waals surface area contributed by atoms with Crippen molar-refractivity contribution in [1.82, 2.24) is 0 Å². The maximum absolute atomic E-state index is 9.84. The first kappa shape index (κ1) is 8.48. The van der Waals surface area contributed by atoms with Crippen LogP contribution in [0.2, 0.25) is 0 Å². The molecule has 2 fully saturated rings. The molecule has 1 N–H and O–H groups in total. The Morgan fingerprint density at radius 1 is 1.25 bits per heavy atom. The molecule has 2 aliphatic heterocycles. The van der Waals surface area contributed by atoms with Gasteiger partial charge in [0.05, 0.1) is 18.8 Å². The molecule has 0 amide bonds. The smallest absolute Gasteiger partial charge is 0.0852 e. The predicted octanol–water partition coefficient (Wildman–Crippen LogP) is 0.563. The number of hydrogen-bond donors (Lipinski definition) is 1. The highest BCUT2D eigenvalue weighted by atomic mass is 16.5. The Balaban J connectivity index is 1.84. The fraction of sp³-hybridized carbons (Fsp3) is 1.00. The molecule has 3 unspecified atom stereocenters. The number of rotatable bonds is 2. The predicted molar refractivity (Wildman–Crippen MR) is 43.9 cm³/mol. The Kier molecular flexibility index (Phi) is 2.63. The summed E-state index contributed by atoms with van der Waals surface area (Å²) in [5, 5.41) is 9.84. The van der Waals surface area contributed by atoms with Crippen LogP contribution < -0.4 is 0 Å². The fourth-order valence-corrected chi connectivity index (χ4v) is 2.00. The Labute approximate surface area is 72.7 Å². The summed E-state index contributed by atoms with van der Waals surface area (Å²) in [5.41, 5.74) is 0. The highest BCUT2D eigenvalue weighted by Crippen LogP contribution is 2.25. The van der Waals surface area contributed by atoms with Crippen molar-refractivity contribution >= 4 is 0 Å². The van der Waals surface area contributed by atoms with E-state index in [-0.39, 0.29) is 12.2 Å². The molecule has 2 aliphatic rings. The highest BCUT2D eigenvalue weighted by molar-refractivity contribution is 4.81. The normalized spacial score (nSPS) is 38.8. The van der Waals surface area contributed by atoms with Gasteiger partial charge in [-0.1, -0.05) is 0 Å². The fourth-order valence-electron chi connectivity index (χ4n) is 2.00. The molecule has 0 spiro atoms. The van der Waals surface area contributed by atoms with Gasteiger partial charge in [0.15, 0.2) is 0 Å². The van der Waals surface area contributed by atoms with Crippen molar-refractivity contribution in [1.29, 1.82) is 0 Å². The first-order chi connectivity index (χ1) is 5.88.